The highest BCUT2D eigenvalue weighted by atomic mass is 16.5. The van der Waals surface area contributed by atoms with Gasteiger partial charge in [0.1, 0.15) is 17.2 Å². The molecule has 6 aromatic rings. The van der Waals surface area contributed by atoms with E-state index >= 15 is 0 Å². The van der Waals surface area contributed by atoms with Crippen molar-refractivity contribution in [2.24, 2.45) is 0 Å². The van der Waals surface area contributed by atoms with Crippen molar-refractivity contribution >= 4 is 52.2 Å². The third-order valence-electron chi connectivity index (χ3n) is 10.0. The highest BCUT2D eigenvalue weighted by Crippen LogP contribution is 2.47. The molecule has 6 amide bonds. The summed E-state index contributed by atoms with van der Waals surface area (Å²) in [6, 6.07) is 37.9. The lowest BCUT2D eigenvalue weighted by Crippen LogP contribution is -2.21. The molecule has 0 aliphatic rings. The van der Waals surface area contributed by atoms with E-state index in [0.717, 1.165) is 36.0 Å². The molecular weight excluding hydrogens is 805 g/mol. The second kappa shape index (κ2) is 22.6. The summed E-state index contributed by atoms with van der Waals surface area (Å²) in [7, 11) is 0. The maximum Gasteiger partial charge on any atom is 0.323 e. The number of nitrogens with one attached hydrogen (secondary N) is 6. The standard InChI is InChI=1S/C52H58N6O6/c1-7-28-62-46-25-22-40(56-50(59)53-37-16-10-34(4)11-17-37)31-43(46)49(44-32-41(23-26-47(44)63-29-8-2)57-51(60)54-38-18-12-35(5)13-19-38)45-33-42(24-27-48(45)64-30-9-3)58-52(61)55-39-20-14-36(6)15-21-39/h10-27,31-33,49H,7-9,28-30H2,1-6H3,(H2,53,56,59)(H2,54,57,60)(H2,55,58,61). The fourth-order valence-electron chi connectivity index (χ4n) is 6.88. The molecular formula is C52H58N6O6. The first-order valence-corrected chi connectivity index (χ1v) is 21.8. The Balaban J connectivity index is 1.50. The van der Waals surface area contributed by atoms with Gasteiger partial charge in [-0.05, 0) is 131 Å². The minimum absolute atomic E-state index is 0.417. The van der Waals surface area contributed by atoms with E-state index in [1.54, 1.807) is 18.2 Å². The average molecular weight is 863 g/mol. The van der Waals surface area contributed by atoms with Crippen LogP contribution in [0.4, 0.5) is 48.5 Å². The molecule has 12 nitrogen and oxygen atoms in total. The van der Waals surface area contributed by atoms with Crippen molar-refractivity contribution in [1.29, 1.82) is 0 Å². The predicted octanol–water partition coefficient (Wildman–Crippen LogP) is 13.1. The summed E-state index contributed by atoms with van der Waals surface area (Å²) in [6.07, 6.45) is 2.22. The molecule has 0 aromatic heterocycles. The van der Waals surface area contributed by atoms with Crippen molar-refractivity contribution in [3.8, 4) is 17.2 Å². The number of benzene rings is 6. The normalized spacial score (nSPS) is 10.7. The van der Waals surface area contributed by atoms with Gasteiger partial charge in [-0.25, -0.2) is 14.4 Å². The van der Waals surface area contributed by atoms with Crippen LogP contribution in [0.5, 0.6) is 17.2 Å². The minimum Gasteiger partial charge on any atom is -0.493 e. The lowest BCUT2D eigenvalue weighted by atomic mass is 9.82. The first-order chi connectivity index (χ1) is 31.0. The molecule has 0 saturated carbocycles. The van der Waals surface area contributed by atoms with Gasteiger partial charge in [0.05, 0.1) is 19.8 Å². The first kappa shape index (κ1) is 46.0. The molecule has 0 radical (unpaired) electrons. The molecule has 0 heterocycles. The van der Waals surface area contributed by atoms with Gasteiger partial charge in [0.15, 0.2) is 0 Å². The van der Waals surface area contributed by atoms with E-state index in [-0.39, 0.29) is 0 Å². The number of carbonyl (C=O) groups excluding carboxylic acids is 3. The largest absolute Gasteiger partial charge is 0.493 e. The van der Waals surface area contributed by atoms with E-state index in [2.05, 4.69) is 31.9 Å². The summed E-state index contributed by atoms with van der Waals surface area (Å²) in [5.74, 6) is 0.969. The molecule has 0 atom stereocenters. The molecule has 0 aliphatic heterocycles. The van der Waals surface area contributed by atoms with Gasteiger partial charge in [-0.2, -0.15) is 0 Å². The molecule has 6 N–H and O–H groups in total. The topological polar surface area (TPSA) is 151 Å². The van der Waals surface area contributed by atoms with Crippen LogP contribution < -0.4 is 46.1 Å². The molecule has 0 fully saturated rings. The lowest BCUT2D eigenvalue weighted by Gasteiger charge is -2.27. The summed E-state index contributed by atoms with van der Waals surface area (Å²) >= 11 is 0. The number of aryl methyl sites for hydroxylation is 3. The van der Waals surface area contributed by atoms with Crippen LogP contribution in [-0.4, -0.2) is 37.9 Å². The number of anilines is 6. The Labute approximate surface area is 376 Å². The van der Waals surface area contributed by atoms with Crippen LogP contribution >= 0.6 is 0 Å². The van der Waals surface area contributed by atoms with Gasteiger partial charge in [0.2, 0.25) is 0 Å². The minimum atomic E-state index is -0.712. The van der Waals surface area contributed by atoms with Crippen LogP contribution in [0.25, 0.3) is 0 Å². The molecule has 0 bridgehead atoms. The number of urea groups is 3. The smallest absolute Gasteiger partial charge is 0.323 e. The van der Waals surface area contributed by atoms with E-state index in [1.165, 1.54) is 0 Å². The highest BCUT2D eigenvalue weighted by molar-refractivity contribution is 6.01. The molecule has 6 rings (SSSR count). The average Bonchev–Trinajstić information content (AvgIpc) is 3.28. The van der Waals surface area contributed by atoms with Crippen molar-refractivity contribution in [2.45, 2.75) is 66.7 Å². The van der Waals surface area contributed by atoms with Crippen molar-refractivity contribution in [3.05, 3.63) is 161 Å². The van der Waals surface area contributed by atoms with Crippen molar-refractivity contribution < 1.29 is 28.6 Å². The Morgan fingerprint density at radius 2 is 0.609 bits per heavy atom. The van der Waals surface area contributed by atoms with E-state index in [9.17, 15) is 14.4 Å². The van der Waals surface area contributed by atoms with Gasteiger partial charge in [-0.15, -0.1) is 0 Å². The number of amides is 6. The van der Waals surface area contributed by atoms with Gasteiger partial charge in [-0.1, -0.05) is 73.9 Å². The maximum absolute atomic E-state index is 13.5. The monoisotopic (exact) mass is 862 g/mol. The second-order valence-electron chi connectivity index (χ2n) is 15.6. The van der Waals surface area contributed by atoms with Gasteiger partial charge in [-0.3, -0.25) is 0 Å². The number of hydrogen-bond donors (Lipinski definition) is 6. The van der Waals surface area contributed by atoms with E-state index in [1.807, 2.05) is 151 Å². The van der Waals surface area contributed by atoms with Crippen molar-refractivity contribution in [1.82, 2.24) is 0 Å². The Morgan fingerprint density at radius 3 is 0.859 bits per heavy atom. The Kier molecular flexibility index (Phi) is 16.2. The summed E-state index contributed by atoms with van der Waals surface area (Å²) < 4.78 is 19.5. The SMILES string of the molecule is CCCOc1ccc(NC(=O)Nc2ccc(C)cc2)cc1C(c1cc(NC(=O)Nc2ccc(C)cc2)ccc1OCCC)c1cc(NC(=O)Nc2ccc(C)cc2)ccc1OCCC. The summed E-state index contributed by atoms with van der Waals surface area (Å²) in [4.78, 5) is 40.5. The fourth-order valence-corrected chi connectivity index (χ4v) is 6.88. The molecule has 0 aliphatic carbocycles. The molecule has 0 saturated heterocycles. The third kappa shape index (κ3) is 13.0. The van der Waals surface area contributed by atoms with E-state index in [0.29, 0.717) is 87.9 Å². The summed E-state index contributed by atoms with van der Waals surface area (Å²) in [5, 5.41) is 17.8. The van der Waals surface area contributed by atoms with Gasteiger partial charge < -0.3 is 46.1 Å². The van der Waals surface area contributed by atoms with Gasteiger partial charge in [0.25, 0.3) is 0 Å². The third-order valence-corrected chi connectivity index (χ3v) is 10.0. The lowest BCUT2D eigenvalue weighted by molar-refractivity contribution is 0.261. The van der Waals surface area contributed by atoms with Gasteiger partial charge >= 0.3 is 18.1 Å². The molecule has 12 heteroatoms. The number of rotatable bonds is 18. The second-order valence-corrected chi connectivity index (χ2v) is 15.6. The molecule has 0 spiro atoms. The van der Waals surface area contributed by atoms with E-state index < -0.39 is 24.0 Å². The zero-order valence-corrected chi connectivity index (χ0v) is 37.4. The first-order valence-electron chi connectivity index (χ1n) is 21.8. The Morgan fingerprint density at radius 1 is 0.375 bits per heavy atom. The fraction of sp³-hybridized carbons (Fsp3) is 0.250. The molecule has 0 unspecified atom stereocenters. The Hall–Kier alpha value is -7.47. The van der Waals surface area contributed by atoms with Crippen molar-refractivity contribution in [3.63, 3.8) is 0 Å². The van der Waals surface area contributed by atoms with Crippen LogP contribution in [-0.2, 0) is 0 Å². The highest BCUT2D eigenvalue weighted by Gasteiger charge is 2.29. The Bertz CT molecular complexity index is 2230. The molecule has 6 aromatic carbocycles. The molecule has 332 valence electrons. The predicted molar refractivity (Wildman–Crippen MR) is 259 cm³/mol. The summed E-state index contributed by atoms with van der Waals surface area (Å²) in [5.41, 5.74) is 8.68. The number of hydrogen-bond acceptors (Lipinski definition) is 6. The van der Waals surface area contributed by atoms with E-state index in [4.69, 9.17) is 14.2 Å². The van der Waals surface area contributed by atoms with Crippen LogP contribution in [0.2, 0.25) is 0 Å². The summed E-state index contributed by atoms with van der Waals surface area (Å²) in [6.45, 7) is 13.3. The van der Waals surface area contributed by atoms with Crippen molar-refractivity contribution in [2.75, 3.05) is 51.7 Å². The van der Waals surface area contributed by atoms with Crippen LogP contribution in [0.3, 0.4) is 0 Å². The quantitative estimate of drug-likeness (QED) is 0.0474. The maximum atomic E-state index is 13.5. The number of ether oxygens (including phenoxy) is 3. The van der Waals surface area contributed by atoms with Gasteiger partial charge in [0, 0.05) is 56.7 Å². The zero-order chi connectivity index (χ0) is 45.4. The van der Waals surface area contributed by atoms with Crippen LogP contribution in [0.15, 0.2) is 127 Å². The number of carbonyl (C=O) groups is 3. The molecule has 64 heavy (non-hydrogen) atoms. The zero-order valence-electron chi connectivity index (χ0n) is 37.4. The van der Waals surface area contributed by atoms with Crippen LogP contribution in [0, 0.1) is 20.8 Å². The van der Waals surface area contributed by atoms with Crippen LogP contribution in [0.1, 0.15) is 79.3 Å².